The molecular weight excluding hydrogens is 209 g/mol. The predicted molar refractivity (Wildman–Crippen MR) is 47.2 cm³/mol. The largest absolute Gasteiger partial charge is 0.417 e. The summed E-state index contributed by atoms with van der Waals surface area (Å²) in [6, 6.07) is -0.217. The van der Waals surface area contributed by atoms with Crippen molar-refractivity contribution in [1.82, 2.24) is 4.98 Å². The first kappa shape index (κ1) is 11.6. The summed E-state index contributed by atoms with van der Waals surface area (Å²) in [6.07, 6.45) is -2.70. The third-order valence-electron chi connectivity index (χ3n) is 1.81. The van der Waals surface area contributed by atoms with Crippen LogP contribution in [0.15, 0.2) is 18.5 Å². The molecule has 3 nitrogen and oxygen atoms in total. The van der Waals surface area contributed by atoms with Crippen molar-refractivity contribution in [2.24, 2.45) is 5.73 Å². The van der Waals surface area contributed by atoms with Gasteiger partial charge in [-0.2, -0.15) is 13.2 Å². The van der Waals surface area contributed by atoms with Crippen molar-refractivity contribution in [3.05, 3.63) is 29.6 Å². The van der Waals surface area contributed by atoms with E-state index in [9.17, 15) is 18.0 Å². The summed E-state index contributed by atoms with van der Waals surface area (Å²) in [7, 11) is 0. The summed E-state index contributed by atoms with van der Waals surface area (Å²) in [4.78, 5) is 14.8. The van der Waals surface area contributed by atoms with Crippen LogP contribution >= 0.6 is 0 Å². The molecule has 0 aliphatic rings. The Bertz CT molecular complexity index is 374. The number of carbonyl (C=O) groups is 1. The molecule has 0 bridgehead atoms. The highest BCUT2D eigenvalue weighted by atomic mass is 19.4. The summed E-state index contributed by atoms with van der Waals surface area (Å²) in [5.74, 6) is -0.768. The Kier molecular flexibility index (Phi) is 3.09. The van der Waals surface area contributed by atoms with E-state index in [0.29, 0.717) is 0 Å². The minimum absolute atomic E-state index is 0.486. The van der Waals surface area contributed by atoms with Crippen LogP contribution in [0.5, 0.6) is 0 Å². The Morgan fingerprint density at radius 2 is 2.13 bits per heavy atom. The number of ketones is 1. The minimum atomic E-state index is -4.57. The molecule has 82 valence electrons. The highest BCUT2D eigenvalue weighted by Gasteiger charge is 2.35. The second-order valence-corrected chi connectivity index (χ2v) is 3.07. The molecule has 0 fully saturated rings. The molecule has 2 N–H and O–H groups in total. The van der Waals surface area contributed by atoms with Crippen molar-refractivity contribution in [2.45, 2.75) is 19.1 Å². The van der Waals surface area contributed by atoms with Gasteiger partial charge in [0.15, 0.2) is 5.78 Å². The zero-order valence-electron chi connectivity index (χ0n) is 7.88. The average molecular weight is 218 g/mol. The lowest BCUT2D eigenvalue weighted by Gasteiger charge is -2.12. The molecule has 0 saturated carbocycles. The topological polar surface area (TPSA) is 56.0 Å². The molecule has 0 aromatic carbocycles. The first-order valence-corrected chi connectivity index (χ1v) is 4.15. The second-order valence-electron chi connectivity index (χ2n) is 3.07. The van der Waals surface area contributed by atoms with E-state index < -0.39 is 29.1 Å². The van der Waals surface area contributed by atoms with Crippen molar-refractivity contribution in [3.63, 3.8) is 0 Å². The zero-order chi connectivity index (χ0) is 11.6. The van der Waals surface area contributed by atoms with Crippen molar-refractivity contribution >= 4 is 5.78 Å². The monoisotopic (exact) mass is 218 g/mol. The number of nitrogens with two attached hydrogens (primary N) is 1. The Balaban J connectivity index is 3.25. The van der Waals surface area contributed by atoms with E-state index in [4.69, 9.17) is 5.73 Å². The van der Waals surface area contributed by atoms with Crippen LogP contribution in [-0.4, -0.2) is 16.8 Å². The van der Waals surface area contributed by atoms with Crippen LogP contribution in [0, 0.1) is 0 Å². The molecule has 1 heterocycles. The van der Waals surface area contributed by atoms with Crippen LogP contribution in [0.4, 0.5) is 13.2 Å². The Hall–Kier alpha value is -1.43. The van der Waals surface area contributed by atoms with Crippen molar-refractivity contribution < 1.29 is 18.0 Å². The van der Waals surface area contributed by atoms with E-state index >= 15 is 0 Å². The molecule has 0 aliphatic carbocycles. The van der Waals surface area contributed by atoms with Gasteiger partial charge in [0.05, 0.1) is 11.6 Å². The molecule has 15 heavy (non-hydrogen) atoms. The predicted octanol–water partition coefficient (Wildman–Crippen LogP) is 1.63. The van der Waals surface area contributed by atoms with E-state index in [2.05, 4.69) is 4.98 Å². The number of nitrogens with zero attached hydrogens (tertiary/aromatic N) is 1. The molecule has 6 heteroatoms. The highest BCUT2D eigenvalue weighted by Crippen LogP contribution is 2.31. The van der Waals surface area contributed by atoms with Gasteiger partial charge in [-0.1, -0.05) is 0 Å². The van der Waals surface area contributed by atoms with Crippen molar-refractivity contribution in [3.8, 4) is 0 Å². The lowest BCUT2D eigenvalue weighted by molar-refractivity contribution is -0.138. The van der Waals surface area contributed by atoms with E-state index in [-0.39, 0.29) is 0 Å². The number of alkyl halides is 3. The van der Waals surface area contributed by atoms with Gasteiger partial charge < -0.3 is 5.73 Å². The molecule has 0 saturated heterocycles. The smallest absolute Gasteiger partial charge is 0.321 e. The van der Waals surface area contributed by atoms with E-state index in [1.807, 2.05) is 0 Å². The van der Waals surface area contributed by atoms with Crippen LogP contribution in [0.25, 0.3) is 0 Å². The van der Waals surface area contributed by atoms with E-state index in [1.165, 1.54) is 6.92 Å². The third kappa shape index (κ3) is 2.53. The first-order valence-electron chi connectivity index (χ1n) is 4.15. The molecule has 0 aliphatic heterocycles. The van der Waals surface area contributed by atoms with Gasteiger partial charge >= 0.3 is 6.18 Å². The number of carbonyl (C=O) groups excluding carboxylic acids is 1. The number of aromatic nitrogens is 1. The normalized spacial score (nSPS) is 13.7. The number of hydrogen-bond donors (Lipinski definition) is 1. The van der Waals surface area contributed by atoms with Crippen LogP contribution in [-0.2, 0) is 6.18 Å². The van der Waals surface area contributed by atoms with Gasteiger partial charge in [-0.05, 0) is 13.0 Å². The SMILES string of the molecule is CC(N)C(=O)c1cnccc1C(F)(F)F. The van der Waals surface area contributed by atoms with Crippen LogP contribution < -0.4 is 5.73 Å². The maximum Gasteiger partial charge on any atom is 0.417 e. The standard InChI is InChI=1S/C9H9F3N2O/c1-5(13)8(15)6-4-14-3-2-7(6)9(10,11)12/h2-5H,13H2,1H3. The highest BCUT2D eigenvalue weighted by molar-refractivity contribution is 6.00. The fraction of sp³-hybridized carbons (Fsp3) is 0.333. The quantitative estimate of drug-likeness (QED) is 0.767. The molecule has 1 aromatic heterocycles. The zero-order valence-corrected chi connectivity index (χ0v) is 7.88. The minimum Gasteiger partial charge on any atom is -0.321 e. The fourth-order valence-electron chi connectivity index (χ4n) is 1.08. The Morgan fingerprint density at radius 3 is 2.60 bits per heavy atom. The average Bonchev–Trinajstić information content (AvgIpc) is 2.15. The summed E-state index contributed by atoms with van der Waals surface area (Å²) < 4.78 is 37.4. The summed E-state index contributed by atoms with van der Waals surface area (Å²) >= 11 is 0. The Morgan fingerprint density at radius 1 is 1.53 bits per heavy atom. The molecule has 0 amide bonds. The van der Waals surface area contributed by atoms with E-state index in [0.717, 1.165) is 18.5 Å². The molecular formula is C9H9F3N2O. The molecule has 1 atom stereocenters. The lowest BCUT2D eigenvalue weighted by atomic mass is 10.0. The summed E-state index contributed by atoms with van der Waals surface area (Å²) in [6.45, 7) is 1.33. The first-order chi connectivity index (χ1) is 6.84. The molecule has 1 aromatic rings. The van der Waals surface area contributed by atoms with Gasteiger partial charge in [0.25, 0.3) is 0 Å². The van der Waals surface area contributed by atoms with Gasteiger partial charge in [-0.3, -0.25) is 9.78 Å². The number of Topliss-reactive ketones (excluding diaryl/α,β-unsaturated/α-hetero) is 1. The molecule has 0 spiro atoms. The van der Waals surface area contributed by atoms with E-state index in [1.54, 1.807) is 0 Å². The lowest BCUT2D eigenvalue weighted by Crippen LogP contribution is -2.29. The van der Waals surface area contributed by atoms with Crippen LogP contribution in [0.3, 0.4) is 0 Å². The molecule has 0 radical (unpaired) electrons. The van der Waals surface area contributed by atoms with Gasteiger partial charge in [-0.15, -0.1) is 0 Å². The number of hydrogen-bond acceptors (Lipinski definition) is 3. The van der Waals surface area contributed by atoms with Crippen LogP contribution in [0.2, 0.25) is 0 Å². The summed E-state index contributed by atoms with van der Waals surface area (Å²) in [5.41, 5.74) is 3.75. The number of halogens is 3. The molecule has 1 unspecified atom stereocenters. The number of rotatable bonds is 2. The van der Waals surface area contributed by atoms with Gasteiger partial charge in [-0.25, -0.2) is 0 Å². The summed E-state index contributed by atoms with van der Waals surface area (Å²) in [5, 5.41) is 0. The van der Waals surface area contributed by atoms with Crippen molar-refractivity contribution in [1.29, 1.82) is 0 Å². The second kappa shape index (κ2) is 3.98. The third-order valence-corrected chi connectivity index (χ3v) is 1.81. The Labute approximate surface area is 84.1 Å². The maximum absolute atomic E-state index is 12.5. The van der Waals surface area contributed by atoms with Crippen molar-refractivity contribution in [2.75, 3.05) is 0 Å². The number of pyridine rings is 1. The molecule has 1 rings (SSSR count). The van der Waals surface area contributed by atoms with Gasteiger partial charge in [0, 0.05) is 18.0 Å². The van der Waals surface area contributed by atoms with Crippen LogP contribution in [0.1, 0.15) is 22.8 Å². The van der Waals surface area contributed by atoms with Gasteiger partial charge in [0.1, 0.15) is 0 Å². The maximum atomic E-state index is 12.5. The van der Waals surface area contributed by atoms with Gasteiger partial charge in [0.2, 0.25) is 0 Å². The fourth-order valence-corrected chi connectivity index (χ4v) is 1.08.